The number of amides is 1. The van der Waals surface area contributed by atoms with Gasteiger partial charge in [-0.05, 0) is 12.1 Å². The van der Waals surface area contributed by atoms with E-state index in [0.717, 1.165) is 0 Å². The summed E-state index contributed by atoms with van der Waals surface area (Å²) in [6.07, 6.45) is 1.54. The predicted molar refractivity (Wildman–Crippen MR) is 37.6 cm³/mol. The van der Waals surface area contributed by atoms with Gasteiger partial charge in [0.1, 0.15) is 19.0 Å². The average Bonchev–Trinajstić information content (AvgIpc) is 2.39. The number of primary amides is 1. The summed E-state index contributed by atoms with van der Waals surface area (Å²) in [5.41, 5.74) is 4.84. The van der Waals surface area contributed by atoms with E-state index in [1.54, 1.807) is 18.4 Å². The maximum Gasteiger partial charge on any atom is 0.243 e. The Hall–Kier alpha value is -1.29. The molecule has 11 heavy (non-hydrogen) atoms. The number of carbonyl (C=O) groups excluding carboxylic acids is 1. The van der Waals surface area contributed by atoms with Crippen LogP contribution in [0, 0.1) is 0 Å². The number of rotatable bonds is 4. The SMILES string of the molecule is NC(=O)COCc1ccco1. The summed E-state index contributed by atoms with van der Waals surface area (Å²) >= 11 is 0. The lowest BCUT2D eigenvalue weighted by molar-refractivity contribution is -0.123. The lowest BCUT2D eigenvalue weighted by Gasteiger charge is -1.96. The second kappa shape index (κ2) is 3.78. The van der Waals surface area contributed by atoms with Gasteiger partial charge in [-0.25, -0.2) is 0 Å². The first-order valence-electron chi connectivity index (χ1n) is 3.17. The molecule has 0 bridgehead atoms. The minimum Gasteiger partial charge on any atom is -0.467 e. The average molecular weight is 155 g/mol. The normalized spacial score (nSPS) is 9.82. The zero-order chi connectivity index (χ0) is 8.10. The van der Waals surface area contributed by atoms with E-state index < -0.39 is 5.91 Å². The van der Waals surface area contributed by atoms with Gasteiger partial charge in [-0.15, -0.1) is 0 Å². The molecule has 0 aromatic carbocycles. The van der Waals surface area contributed by atoms with Gasteiger partial charge in [-0.2, -0.15) is 0 Å². The highest BCUT2D eigenvalue weighted by atomic mass is 16.5. The maximum atomic E-state index is 10.2. The van der Waals surface area contributed by atoms with Crippen molar-refractivity contribution in [3.8, 4) is 0 Å². The Labute approximate surface area is 63.9 Å². The van der Waals surface area contributed by atoms with Crippen molar-refractivity contribution in [2.24, 2.45) is 5.73 Å². The van der Waals surface area contributed by atoms with Gasteiger partial charge in [0.15, 0.2) is 0 Å². The van der Waals surface area contributed by atoms with E-state index in [-0.39, 0.29) is 13.2 Å². The summed E-state index contributed by atoms with van der Waals surface area (Å²) in [6.45, 7) is 0.219. The van der Waals surface area contributed by atoms with Gasteiger partial charge in [0.2, 0.25) is 5.91 Å². The molecule has 4 nitrogen and oxygen atoms in total. The lowest BCUT2D eigenvalue weighted by Crippen LogP contribution is -2.17. The van der Waals surface area contributed by atoms with E-state index in [0.29, 0.717) is 5.76 Å². The molecule has 60 valence electrons. The second-order valence-corrected chi connectivity index (χ2v) is 2.04. The van der Waals surface area contributed by atoms with E-state index in [9.17, 15) is 4.79 Å². The van der Waals surface area contributed by atoms with Crippen molar-refractivity contribution >= 4 is 5.91 Å². The first-order chi connectivity index (χ1) is 5.29. The largest absolute Gasteiger partial charge is 0.467 e. The second-order valence-electron chi connectivity index (χ2n) is 2.04. The van der Waals surface area contributed by atoms with Gasteiger partial charge >= 0.3 is 0 Å². The Bertz CT molecular complexity index is 218. The van der Waals surface area contributed by atoms with Crippen LogP contribution in [-0.4, -0.2) is 12.5 Å². The van der Waals surface area contributed by atoms with Crippen LogP contribution in [0.4, 0.5) is 0 Å². The third-order valence-corrected chi connectivity index (χ3v) is 1.07. The first-order valence-corrected chi connectivity index (χ1v) is 3.17. The molecule has 0 fully saturated rings. The number of nitrogens with two attached hydrogens (primary N) is 1. The Kier molecular flexibility index (Phi) is 2.68. The Morgan fingerprint density at radius 1 is 1.73 bits per heavy atom. The highest BCUT2D eigenvalue weighted by Crippen LogP contribution is 2.00. The highest BCUT2D eigenvalue weighted by molar-refractivity contribution is 5.74. The highest BCUT2D eigenvalue weighted by Gasteiger charge is 1.96. The fourth-order valence-corrected chi connectivity index (χ4v) is 0.647. The molecular formula is C7H9NO3. The van der Waals surface area contributed by atoms with Gasteiger partial charge in [0.05, 0.1) is 6.26 Å². The number of furan rings is 1. The van der Waals surface area contributed by atoms with Crippen molar-refractivity contribution in [3.05, 3.63) is 24.2 Å². The molecule has 1 heterocycles. The van der Waals surface area contributed by atoms with Crippen molar-refractivity contribution in [3.63, 3.8) is 0 Å². The lowest BCUT2D eigenvalue weighted by atomic mass is 10.5. The molecule has 1 rings (SSSR count). The first kappa shape index (κ1) is 7.81. The summed E-state index contributed by atoms with van der Waals surface area (Å²) in [6, 6.07) is 3.52. The molecule has 0 radical (unpaired) electrons. The number of ether oxygens (including phenoxy) is 1. The summed E-state index contributed by atoms with van der Waals surface area (Å²) in [7, 11) is 0. The van der Waals surface area contributed by atoms with E-state index in [4.69, 9.17) is 14.9 Å². The fourth-order valence-electron chi connectivity index (χ4n) is 0.647. The monoisotopic (exact) mass is 155 g/mol. The standard InChI is InChI=1S/C7H9NO3/c8-7(9)5-10-4-6-2-1-3-11-6/h1-3H,4-5H2,(H2,8,9). The topological polar surface area (TPSA) is 65.5 Å². The zero-order valence-corrected chi connectivity index (χ0v) is 5.95. The maximum absolute atomic E-state index is 10.2. The Balaban J connectivity index is 2.19. The molecule has 1 aromatic rings. The predicted octanol–water partition coefficient (Wildman–Crippen LogP) is 0.281. The number of carbonyl (C=O) groups is 1. The van der Waals surface area contributed by atoms with E-state index >= 15 is 0 Å². The molecule has 0 saturated heterocycles. The van der Waals surface area contributed by atoms with Crippen LogP contribution in [0.2, 0.25) is 0 Å². The van der Waals surface area contributed by atoms with Crippen molar-refractivity contribution < 1.29 is 13.9 Å². The third kappa shape index (κ3) is 2.86. The molecule has 0 aliphatic rings. The number of hydrogen-bond donors (Lipinski definition) is 1. The smallest absolute Gasteiger partial charge is 0.243 e. The van der Waals surface area contributed by atoms with Crippen molar-refractivity contribution in [2.45, 2.75) is 6.61 Å². The van der Waals surface area contributed by atoms with Crippen LogP contribution in [0.25, 0.3) is 0 Å². The molecule has 0 spiro atoms. The molecule has 0 aliphatic heterocycles. The zero-order valence-electron chi connectivity index (χ0n) is 5.95. The third-order valence-electron chi connectivity index (χ3n) is 1.07. The Morgan fingerprint density at radius 2 is 2.55 bits per heavy atom. The van der Waals surface area contributed by atoms with Crippen molar-refractivity contribution in [2.75, 3.05) is 6.61 Å². The van der Waals surface area contributed by atoms with E-state index in [1.807, 2.05) is 0 Å². The molecule has 0 saturated carbocycles. The molecule has 4 heteroatoms. The van der Waals surface area contributed by atoms with Crippen LogP contribution in [0.5, 0.6) is 0 Å². The van der Waals surface area contributed by atoms with Gasteiger partial charge in [0, 0.05) is 0 Å². The van der Waals surface area contributed by atoms with Gasteiger partial charge in [-0.1, -0.05) is 0 Å². The summed E-state index contributed by atoms with van der Waals surface area (Å²) in [4.78, 5) is 10.2. The van der Waals surface area contributed by atoms with Crippen molar-refractivity contribution in [1.29, 1.82) is 0 Å². The van der Waals surface area contributed by atoms with Gasteiger partial charge in [0.25, 0.3) is 0 Å². The van der Waals surface area contributed by atoms with E-state index in [2.05, 4.69) is 0 Å². The summed E-state index contributed by atoms with van der Waals surface area (Å²) in [5.74, 6) is 0.211. The Morgan fingerprint density at radius 3 is 3.09 bits per heavy atom. The quantitative estimate of drug-likeness (QED) is 0.679. The van der Waals surface area contributed by atoms with Crippen LogP contribution >= 0.6 is 0 Å². The van der Waals surface area contributed by atoms with Gasteiger partial charge in [-0.3, -0.25) is 4.79 Å². The van der Waals surface area contributed by atoms with Crippen LogP contribution < -0.4 is 5.73 Å². The van der Waals surface area contributed by atoms with Crippen LogP contribution in [0.1, 0.15) is 5.76 Å². The molecule has 0 unspecified atom stereocenters. The van der Waals surface area contributed by atoms with Gasteiger partial charge < -0.3 is 14.9 Å². The minimum atomic E-state index is -0.475. The molecule has 1 aromatic heterocycles. The van der Waals surface area contributed by atoms with Crippen LogP contribution in [0.3, 0.4) is 0 Å². The molecule has 0 atom stereocenters. The summed E-state index contributed by atoms with van der Waals surface area (Å²) < 4.78 is 9.81. The molecular weight excluding hydrogens is 146 g/mol. The van der Waals surface area contributed by atoms with Crippen molar-refractivity contribution in [1.82, 2.24) is 0 Å². The number of hydrogen-bond acceptors (Lipinski definition) is 3. The minimum absolute atomic E-state index is 0.0688. The molecule has 2 N–H and O–H groups in total. The molecule has 1 amide bonds. The molecule has 0 aliphatic carbocycles. The summed E-state index contributed by atoms with van der Waals surface area (Å²) in [5, 5.41) is 0. The van der Waals surface area contributed by atoms with E-state index in [1.165, 1.54) is 0 Å². The van der Waals surface area contributed by atoms with Crippen LogP contribution in [0.15, 0.2) is 22.8 Å². The van der Waals surface area contributed by atoms with Crippen LogP contribution in [-0.2, 0) is 16.1 Å². The fraction of sp³-hybridized carbons (Fsp3) is 0.286.